The molecule has 0 atom stereocenters. The maximum atomic E-state index is 12.4. The normalized spacial score (nSPS) is 12.1. The van der Waals surface area contributed by atoms with Crippen LogP contribution in [0.2, 0.25) is 0 Å². The van der Waals surface area contributed by atoms with E-state index in [1.54, 1.807) is 20.8 Å². The lowest BCUT2D eigenvalue weighted by Crippen LogP contribution is -2.30. The van der Waals surface area contributed by atoms with Gasteiger partial charge in [0.2, 0.25) is 20.0 Å². The lowest BCUT2D eigenvalue weighted by molar-refractivity contribution is 0.102. The van der Waals surface area contributed by atoms with Gasteiger partial charge in [-0.15, -0.1) is 0 Å². The number of anilines is 1. The van der Waals surface area contributed by atoms with Crippen LogP contribution in [-0.2, 0) is 20.0 Å². The van der Waals surface area contributed by atoms with Crippen molar-refractivity contribution in [1.29, 1.82) is 0 Å². The summed E-state index contributed by atoms with van der Waals surface area (Å²) in [5.74, 6) is -0.510. The van der Waals surface area contributed by atoms with Crippen LogP contribution < -0.4 is 14.8 Å². The van der Waals surface area contributed by atoms with Crippen LogP contribution in [-0.4, -0.2) is 35.3 Å². The zero-order chi connectivity index (χ0) is 20.9. The predicted octanol–water partition coefficient (Wildman–Crippen LogP) is 1.92. The van der Waals surface area contributed by atoms with E-state index in [9.17, 15) is 21.6 Å². The molecule has 0 fully saturated rings. The van der Waals surface area contributed by atoms with Gasteiger partial charge in [-0.1, -0.05) is 13.0 Å². The Hall–Kier alpha value is -2.27. The molecule has 152 valence electrons. The Morgan fingerprint density at radius 2 is 1.57 bits per heavy atom. The Morgan fingerprint density at radius 1 is 0.929 bits per heavy atom. The zero-order valence-corrected chi connectivity index (χ0v) is 17.4. The molecule has 0 saturated carbocycles. The molecule has 3 N–H and O–H groups in total. The summed E-state index contributed by atoms with van der Waals surface area (Å²) >= 11 is 0. The maximum absolute atomic E-state index is 12.4. The van der Waals surface area contributed by atoms with Gasteiger partial charge in [0, 0.05) is 23.8 Å². The molecule has 10 heteroatoms. The Labute approximate surface area is 165 Å². The molecule has 0 spiro atoms. The monoisotopic (exact) mass is 425 g/mol. The summed E-state index contributed by atoms with van der Waals surface area (Å²) in [5, 5.41) is 2.62. The minimum Gasteiger partial charge on any atom is -0.322 e. The Balaban J connectivity index is 2.18. The summed E-state index contributed by atoms with van der Waals surface area (Å²) < 4.78 is 53.2. The molecule has 1 amide bonds. The smallest absolute Gasteiger partial charge is 0.255 e. The fourth-order valence-electron chi connectivity index (χ4n) is 2.38. The van der Waals surface area contributed by atoms with Crippen LogP contribution in [0, 0.1) is 0 Å². The van der Waals surface area contributed by atoms with Crippen molar-refractivity contribution >= 4 is 31.6 Å². The van der Waals surface area contributed by atoms with E-state index in [-0.39, 0.29) is 27.9 Å². The SMILES string of the molecule is CCNS(=O)(=O)c1cccc(C(=O)Nc2ccc(S(=O)(=O)NC(C)C)cc2)c1. The van der Waals surface area contributed by atoms with E-state index in [0.29, 0.717) is 5.69 Å². The summed E-state index contributed by atoms with van der Waals surface area (Å²) in [6.45, 7) is 5.33. The summed E-state index contributed by atoms with van der Waals surface area (Å²) in [6, 6.07) is 11.1. The standard InChI is InChI=1S/C18H23N3O5S2/c1-4-19-27(23,24)17-7-5-6-14(12-17)18(22)20-15-8-10-16(11-9-15)28(25,26)21-13(2)3/h5-13,19,21H,4H2,1-3H3,(H,20,22). The number of carbonyl (C=O) groups excluding carboxylic acids is 1. The number of hydrogen-bond acceptors (Lipinski definition) is 5. The first-order chi connectivity index (χ1) is 13.0. The molecule has 0 aliphatic rings. The Morgan fingerprint density at radius 3 is 2.14 bits per heavy atom. The van der Waals surface area contributed by atoms with Crippen LogP contribution in [0.15, 0.2) is 58.3 Å². The van der Waals surface area contributed by atoms with Crippen molar-refractivity contribution in [1.82, 2.24) is 9.44 Å². The highest BCUT2D eigenvalue weighted by molar-refractivity contribution is 7.89. The van der Waals surface area contributed by atoms with Crippen LogP contribution in [0.4, 0.5) is 5.69 Å². The molecule has 8 nitrogen and oxygen atoms in total. The molecule has 0 heterocycles. The van der Waals surface area contributed by atoms with Crippen molar-refractivity contribution in [3.63, 3.8) is 0 Å². The highest BCUT2D eigenvalue weighted by atomic mass is 32.2. The van der Waals surface area contributed by atoms with Crippen molar-refractivity contribution in [3.05, 3.63) is 54.1 Å². The minimum atomic E-state index is -3.67. The van der Waals surface area contributed by atoms with Gasteiger partial charge in [0.15, 0.2) is 0 Å². The molecular weight excluding hydrogens is 402 g/mol. The highest BCUT2D eigenvalue weighted by Crippen LogP contribution is 2.17. The molecule has 0 aliphatic heterocycles. The van der Waals surface area contributed by atoms with Crippen molar-refractivity contribution in [2.75, 3.05) is 11.9 Å². The molecule has 0 aliphatic carbocycles. The van der Waals surface area contributed by atoms with Gasteiger partial charge in [-0.2, -0.15) is 0 Å². The number of hydrogen-bond donors (Lipinski definition) is 3. The third-order valence-electron chi connectivity index (χ3n) is 3.55. The van der Waals surface area contributed by atoms with Gasteiger partial charge in [-0.25, -0.2) is 26.3 Å². The lowest BCUT2D eigenvalue weighted by atomic mass is 10.2. The molecule has 0 aromatic heterocycles. The summed E-state index contributed by atoms with van der Waals surface area (Å²) in [5.41, 5.74) is 0.547. The van der Waals surface area contributed by atoms with E-state index in [0.717, 1.165) is 0 Å². The van der Waals surface area contributed by atoms with Crippen LogP contribution in [0.25, 0.3) is 0 Å². The van der Waals surface area contributed by atoms with E-state index in [1.807, 2.05) is 0 Å². The average molecular weight is 426 g/mol. The quantitative estimate of drug-likeness (QED) is 0.597. The molecule has 0 saturated heterocycles. The van der Waals surface area contributed by atoms with Gasteiger partial charge in [0.1, 0.15) is 0 Å². The van der Waals surface area contributed by atoms with Gasteiger partial charge in [0.05, 0.1) is 9.79 Å². The summed E-state index contributed by atoms with van der Waals surface area (Å²) in [4.78, 5) is 12.5. The second-order valence-corrected chi connectivity index (χ2v) is 9.76. The Kier molecular flexibility index (Phi) is 6.94. The third-order valence-corrected chi connectivity index (χ3v) is 6.77. The molecule has 2 rings (SSSR count). The molecular formula is C18H23N3O5S2. The number of rotatable bonds is 8. The second-order valence-electron chi connectivity index (χ2n) is 6.28. The van der Waals surface area contributed by atoms with Crippen LogP contribution >= 0.6 is 0 Å². The maximum Gasteiger partial charge on any atom is 0.255 e. The molecule has 2 aromatic rings. The van der Waals surface area contributed by atoms with E-state index < -0.39 is 26.0 Å². The van der Waals surface area contributed by atoms with E-state index in [4.69, 9.17) is 0 Å². The van der Waals surface area contributed by atoms with Crippen molar-refractivity contribution in [2.45, 2.75) is 36.6 Å². The number of benzene rings is 2. The lowest BCUT2D eigenvalue weighted by Gasteiger charge is -2.11. The first-order valence-electron chi connectivity index (χ1n) is 8.58. The van der Waals surface area contributed by atoms with Gasteiger partial charge in [-0.05, 0) is 56.3 Å². The number of nitrogens with one attached hydrogen (secondary N) is 3. The van der Waals surface area contributed by atoms with E-state index >= 15 is 0 Å². The van der Waals surface area contributed by atoms with Gasteiger partial charge in [-0.3, -0.25) is 4.79 Å². The molecule has 0 bridgehead atoms. The average Bonchev–Trinajstić information content (AvgIpc) is 2.61. The molecule has 28 heavy (non-hydrogen) atoms. The zero-order valence-electron chi connectivity index (χ0n) is 15.8. The molecule has 2 aromatic carbocycles. The van der Waals surface area contributed by atoms with Gasteiger partial charge in [0.25, 0.3) is 5.91 Å². The topological polar surface area (TPSA) is 121 Å². The van der Waals surface area contributed by atoms with Crippen LogP contribution in [0.1, 0.15) is 31.1 Å². The van der Waals surface area contributed by atoms with Crippen LogP contribution in [0.3, 0.4) is 0 Å². The van der Waals surface area contributed by atoms with Crippen LogP contribution in [0.5, 0.6) is 0 Å². The van der Waals surface area contributed by atoms with E-state index in [1.165, 1.54) is 48.5 Å². The molecule has 0 unspecified atom stereocenters. The summed E-state index contributed by atoms with van der Waals surface area (Å²) in [7, 11) is -7.30. The highest BCUT2D eigenvalue weighted by Gasteiger charge is 2.17. The first-order valence-corrected chi connectivity index (χ1v) is 11.6. The minimum absolute atomic E-state index is 0.0109. The second kappa shape index (κ2) is 8.82. The number of amides is 1. The summed E-state index contributed by atoms with van der Waals surface area (Å²) in [6.07, 6.45) is 0. The first kappa shape index (κ1) is 22.0. The Bertz CT molecular complexity index is 1050. The largest absolute Gasteiger partial charge is 0.322 e. The number of carbonyl (C=O) groups is 1. The third kappa shape index (κ3) is 5.61. The fourth-order valence-corrected chi connectivity index (χ4v) is 4.71. The fraction of sp³-hybridized carbons (Fsp3) is 0.278. The number of sulfonamides is 2. The van der Waals surface area contributed by atoms with Gasteiger partial charge < -0.3 is 5.32 Å². The predicted molar refractivity (Wildman–Crippen MR) is 107 cm³/mol. The van der Waals surface area contributed by atoms with E-state index in [2.05, 4.69) is 14.8 Å². The van der Waals surface area contributed by atoms with Crippen molar-refractivity contribution in [2.24, 2.45) is 0 Å². The van der Waals surface area contributed by atoms with Crippen molar-refractivity contribution < 1.29 is 21.6 Å². The molecule has 0 radical (unpaired) electrons. The van der Waals surface area contributed by atoms with Gasteiger partial charge >= 0.3 is 0 Å². The van der Waals surface area contributed by atoms with Crippen molar-refractivity contribution in [3.8, 4) is 0 Å².